The van der Waals surface area contributed by atoms with Gasteiger partial charge in [-0.25, -0.2) is 0 Å². The first-order chi connectivity index (χ1) is 9.47. The molecule has 0 aliphatic heterocycles. The highest BCUT2D eigenvalue weighted by Gasteiger charge is 2.12. The number of rotatable bonds is 5. The summed E-state index contributed by atoms with van der Waals surface area (Å²) in [7, 11) is 3.68. The summed E-state index contributed by atoms with van der Waals surface area (Å²) in [6, 6.07) is 1.91. The number of aryl methyl sites for hydroxylation is 3. The molecule has 0 radical (unpaired) electrons. The van der Waals surface area contributed by atoms with E-state index in [0.717, 1.165) is 15.9 Å². The van der Waals surface area contributed by atoms with Crippen molar-refractivity contribution < 1.29 is 4.79 Å². The number of hydrogen-bond acceptors (Lipinski definition) is 3. The molecule has 0 atom stereocenters. The first kappa shape index (κ1) is 14.8. The molecule has 108 valence electrons. The van der Waals surface area contributed by atoms with Crippen molar-refractivity contribution in [2.24, 2.45) is 7.05 Å². The maximum atomic E-state index is 12.1. The van der Waals surface area contributed by atoms with E-state index < -0.39 is 0 Å². The van der Waals surface area contributed by atoms with Crippen molar-refractivity contribution >= 4 is 21.8 Å². The molecule has 0 spiro atoms. The highest BCUT2D eigenvalue weighted by Crippen LogP contribution is 2.13. The number of halogens is 1. The van der Waals surface area contributed by atoms with E-state index in [0.29, 0.717) is 19.5 Å². The first-order valence-corrected chi connectivity index (χ1v) is 7.17. The molecule has 2 rings (SSSR count). The van der Waals surface area contributed by atoms with Crippen LogP contribution in [0, 0.1) is 6.92 Å². The van der Waals surface area contributed by atoms with Gasteiger partial charge in [-0.05, 0) is 28.9 Å². The predicted octanol–water partition coefficient (Wildman–Crippen LogP) is 1.74. The van der Waals surface area contributed by atoms with Gasteiger partial charge in [0.2, 0.25) is 5.91 Å². The Balaban J connectivity index is 1.86. The topological polar surface area (TPSA) is 56.0 Å². The number of nitrogens with zero attached hydrogens (tertiary/aromatic N) is 5. The molecule has 0 aliphatic rings. The van der Waals surface area contributed by atoms with Gasteiger partial charge in [-0.3, -0.25) is 14.2 Å². The molecule has 0 aromatic carbocycles. The maximum absolute atomic E-state index is 12.1. The third-order valence-electron chi connectivity index (χ3n) is 3.19. The minimum absolute atomic E-state index is 0.0930. The summed E-state index contributed by atoms with van der Waals surface area (Å²) < 4.78 is 4.53. The Morgan fingerprint density at radius 2 is 2.25 bits per heavy atom. The van der Waals surface area contributed by atoms with Gasteiger partial charge in [-0.15, -0.1) is 0 Å². The second kappa shape index (κ2) is 6.21. The lowest BCUT2D eigenvalue weighted by Gasteiger charge is -2.17. The van der Waals surface area contributed by atoms with Crippen molar-refractivity contribution in [1.29, 1.82) is 0 Å². The Morgan fingerprint density at radius 1 is 1.50 bits per heavy atom. The fraction of sp³-hybridized carbons (Fsp3) is 0.462. The third-order valence-corrected chi connectivity index (χ3v) is 3.97. The summed E-state index contributed by atoms with van der Waals surface area (Å²) in [5.41, 5.74) is 1.94. The predicted molar refractivity (Wildman–Crippen MR) is 79.0 cm³/mol. The molecule has 0 bridgehead atoms. The van der Waals surface area contributed by atoms with Gasteiger partial charge < -0.3 is 4.90 Å². The summed E-state index contributed by atoms with van der Waals surface area (Å²) in [5, 5.41) is 8.41. The normalized spacial score (nSPS) is 10.8. The van der Waals surface area contributed by atoms with Crippen LogP contribution in [0.15, 0.2) is 22.9 Å². The average Bonchev–Trinajstić information content (AvgIpc) is 2.94. The van der Waals surface area contributed by atoms with Gasteiger partial charge in [-0.2, -0.15) is 10.2 Å². The maximum Gasteiger partial charge on any atom is 0.224 e. The number of amides is 1. The second-order valence-corrected chi connectivity index (χ2v) is 5.63. The van der Waals surface area contributed by atoms with Crippen molar-refractivity contribution in [3.8, 4) is 0 Å². The molecule has 2 aromatic heterocycles. The van der Waals surface area contributed by atoms with Gasteiger partial charge in [0.05, 0.1) is 22.4 Å². The molecule has 2 heterocycles. The number of hydrogen-bond donors (Lipinski definition) is 0. The van der Waals surface area contributed by atoms with E-state index in [1.165, 1.54) is 0 Å². The van der Waals surface area contributed by atoms with E-state index in [1.54, 1.807) is 27.5 Å². The van der Waals surface area contributed by atoms with Gasteiger partial charge in [0, 0.05) is 39.5 Å². The number of carbonyl (C=O) groups excluding carboxylic acids is 1. The van der Waals surface area contributed by atoms with Gasteiger partial charge in [0.25, 0.3) is 0 Å². The van der Waals surface area contributed by atoms with E-state index in [-0.39, 0.29) is 5.91 Å². The van der Waals surface area contributed by atoms with Crippen LogP contribution >= 0.6 is 15.9 Å². The van der Waals surface area contributed by atoms with Crippen LogP contribution in [-0.4, -0.2) is 37.4 Å². The standard InChI is InChI=1S/C13H18BrN5O/c1-10-12(14)9-19(16-10)7-5-13(20)17(2)8-11-4-6-15-18(11)3/h4,6,9H,5,7-8H2,1-3H3. The smallest absolute Gasteiger partial charge is 0.224 e. The number of carbonyl (C=O) groups is 1. The fourth-order valence-electron chi connectivity index (χ4n) is 1.90. The van der Waals surface area contributed by atoms with Gasteiger partial charge in [0.1, 0.15) is 0 Å². The Morgan fingerprint density at radius 3 is 2.80 bits per heavy atom. The van der Waals surface area contributed by atoms with Crippen LogP contribution in [0.1, 0.15) is 17.8 Å². The molecule has 6 nitrogen and oxygen atoms in total. The molecule has 0 unspecified atom stereocenters. The van der Waals surface area contributed by atoms with Crippen molar-refractivity contribution in [1.82, 2.24) is 24.5 Å². The molecule has 20 heavy (non-hydrogen) atoms. The summed E-state index contributed by atoms with van der Waals surface area (Å²) in [6.07, 6.45) is 4.06. The highest BCUT2D eigenvalue weighted by molar-refractivity contribution is 9.10. The minimum atomic E-state index is 0.0930. The van der Waals surface area contributed by atoms with Gasteiger partial charge in [0.15, 0.2) is 0 Å². The zero-order chi connectivity index (χ0) is 14.7. The van der Waals surface area contributed by atoms with Crippen LogP contribution in [0.25, 0.3) is 0 Å². The lowest BCUT2D eigenvalue weighted by atomic mass is 10.3. The van der Waals surface area contributed by atoms with Crippen LogP contribution in [0.4, 0.5) is 0 Å². The van der Waals surface area contributed by atoms with Crippen molar-refractivity contribution in [3.05, 3.63) is 34.3 Å². The SMILES string of the molecule is Cc1nn(CCC(=O)N(C)Cc2ccnn2C)cc1Br. The summed E-state index contributed by atoms with van der Waals surface area (Å²) in [6.45, 7) is 3.08. The highest BCUT2D eigenvalue weighted by atomic mass is 79.9. The molecule has 0 aliphatic carbocycles. The van der Waals surface area contributed by atoms with Crippen LogP contribution in [0.5, 0.6) is 0 Å². The molecule has 0 N–H and O–H groups in total. The van der Waals surface area contributed by atoms with Crippen LogP contribution in [-0.2, 0) is 24.9 Å². The lowest BCUT2D eigenvalue weighted by Crippen LogP contribution is -2.28. The molecule has 2 aromatic rings. The molecular formula is C13H18BrN5O. The second-order valence-electron chi connectivity index (χ2n) is 4.77. The quantitative estimate of drug-likeness (QED) is 0.833. The summed E-state index contributed by atoms with van der Waals surface area (Å²) in [5.74, 6) is 0.0930. The minimum Gasteiger partial charge on any atom is -0.340 e. The Bertz CT molecular complexity index is 584. The third kappa shape index (κ3) is 3.47. The number of aromatic nitrogens is 4. The fourth-order valence-corrected chi connectivity index (χ4v) is 2.21. The van der Waals surface area contributed by atoms with Gasteiger partial charge >= 0.3 is 0 Å². The van der Waals surface area contributed by atoms with Crippen molar-refractivity contribution in [2.75, 3.05) is 7.05 Å². The zero-order valence-electron chi connectivity index (χ0n) is 11.9. The van der Waals surface area contributed by atoms with Crippen molar-refractivity contribution in [3.63, 3.8) is 0 Å². The summed E-state index contributed by atoms with van der Waals surface area (Å²) >= 11 is 3.41. The van der Waals surface area contributed by atoms with Crippen LogP contribution < -0.4 is 0 Å². The van der Waals surface area contributed by atoms with Crippen LogP contribution in [0.2, 0.25) is 0 Å². The molecule has 1 amide bonds. The van der Waals surface area contributed by atoms with Crippen molar-refractivity contribution in [2.45, 2.75) is 26.4 Å². The van der Waals surface area contributed by atoms with Gasteiger partial charge in [-0.1, -0.05) is 0 Å². The van der Waals surface area contributed by atoms with E-state index in [9.17, 15) is 4.79 Å². The first-order valence-electron chi connectivity index (χ1n) is 6.37. The van der Waals surface area contributed by atoms with E-state index in [2.05, 4.69) is 26.1 Å². The molecule has 0 fully saturated rings. The monoisotopic (exact) mass is 339 g/mol. The molecule has 0 saturated heterocycles. The zero-order valence-corrected chi connectivity index (χ0v) is 13.5. The average molecular weight is 340 g/mol. The largest absolute Gasteiger partial charge is 0.340 e. The Hall–Kier alpha value is -1.63. The Kier molecular flexibility index (Phi) is 4.59. The molecule has 7 heteroatoms. The van der Waals surface area contributed by atoms with E-state index in [1.807, 2.05) is 26.2 Å². The van der Waals surface area contributed by atoms with E-state index >= 15 is 0 Å². The summed E-state index contributed by atoms with van der Waals surface area (Å²) in [4.78, 5) is 13.8. The lowest BCUT2D eigenvalue weighted by molar-refractivity contribution is -0.130. The van der Waals surface area contributed by atoms with Crippen LogP contribution in [0.3, 0.4) is 0 Å². The molecule has 0 saturated carbocycles. The Labute approximate surface area is 126 Å². The molecular weight excluding hydrogens is 322 g/mol. The van der Waals surface area contributed by atoms with E-state index in [4.69, 9.17) is 0 Å².